The zero-order valence-electron chi connectivity index (χ0n) is 10.9. The van der Waals surface area contributed by atoms with Crippen LogP contribution in [0, 0.1) is 6.92 Å². The molecule has 0 aliphatic carbocycles. The SMILES string of the molecule is CCc1nnc(C)cc1C(=O)NC(CCS)C(=O)O. The number of carbonyl (C=O) groups is 2. The summed E-state index contributed by atoms with van der Waals surface area (Å²) in [7, 11) is 0. The van der Waals surface area contributed by atoms with Gasteiger partial charge in [-0.3, -0.25) is 4.79 Å². The summed E-state index contributed by atoms with van der Waals surface area (Å²) >= 11 is 3.98. The van der Waals surface area contributed by atoms with Gasteiger partial charge < -0.3 is 10.4 Å². The Kier molecular flexibility index (Phi) is 5.75. The van der Waals surface area contributed by atoms with Crippen molar-refractivity contribution in [2.24, 2.45) is 0 Å². The lowest BCUT2D eigenvalue weighted by Gasteiger charge is -2.14. The van der Waals surface area contributed by atoms with Crippen molar-refractivity contribution < 1.29 is 14.7 Å². The fourth-order valence-electron chi connectivity index (χ4n) is 1.59. The molecule has 6 nitrogen and oxygen atoms in total. The van der Waals surface area contributed by atoms with Gasteiger partial charge in [0.2, 0.25) is 0 Å². The van der Waals surface area contributed by atoms with Crippen LogP contribution in [0.15, 0.2) is 6.07 Å². The highest BCUT2D eigenvalue weighted by Crippen LogP contribution is 2.08. The van der Waals surface area contributed by atoms with E-state index in [1.165, 1.54) is 0 Å². The lowest BCUT2D eigenvalue weighted by molar-refractivity contribution is -0.139. The van der Waals surface area contributed by atoms with E-state index in [0.717, 1.165) is 0 Å². The summed E-state index contributed by atoms with van der Waals surface area (Å²) in [5, 5.41) is 19.3. The van der Waals surface area contributed by atoms with Crippen LogP contribution in [-0.4, -0.2) is 39.0 Å². The number of aryl methyl sites for hydroxylation is 2. The van der Waals surface area contributed by atoms with Crippen molar-refractivity contribution in [3.63, 3.8) is 0 Å². The van der Waals surface area contributed by atoms with Crippen LogP contribution in [0.5, 0.6) is 0 Å². The van der Waals surface area contributed by atoms with Crippen LogP contribution in [0.25, 0.3) is 0 Å². The van der Waals surface area contributed by atoms with Gasteiger partial charge in [0.15, 0.2) is 0 Å². The van der Waals surface area contributed by atoms with Crippen LogP contribution >= 0.6 is 12.6 Å². The molecule has 1 aromatic rings. The summed E-state index contributed by atoms with van der Waals surface area (Å²) < 4.78 is 0. The number of nitrogens with one attached hydrogen (secondary N) is 1. The first-order valence-corrected chi connectivity index (χ1v) is 6.60. The molecular weight excluding hydrogens is 266 g/mol. The summed E-state index contributed by atoms with van der Waals surface area (Å²) in [6.45, 7) is 3.59. The number of hydrogen-bond acceptors (Lipinski definition) is 5. The van der Waals surface area contributed by atoms with Crippen LogP contribution in [-0.2, 0) is 11.2 Å². The van der Waals surface area contributed by atoms with Gasteiger partial charge in [-0.15, -0.1) is 0 Å². The van der Waals surface area contributed by atoms with Crippen molar-refractivity contribution in [1.29, 1.82) is 0 Å². The number of amides is 1. The summed E-state index contributed by atoms with van der Waals surface area (Å²) in [5.41, 5.74) is 1.54. The Hall–Kier alpha value is -1.63. The van der Waals surface area contributed by atoms with Crippen LogP contribution in [0.3, 0.4) is 0 Å². The highest BCUT2D eigenvalue weighted by atomic mass is 32.1. The molecule has 0 aliphatic heterocycles. The van der Waals surface area contributed by atoms with Crippen LogP contribution in [0.1, 0.15) is 35.1 Å². The van der Waals surface area contributed by atoms with E-state index < -0.39 is 17.9 Å². The standard InChI is InChI=1S/C12H17N3O3S/c1-3-9-8(6-7(2)14-15-9)11(16)13-10(4-5-19)12(17)18/h6,10,19H,3-5H2,1-2H3,(H,13,16)(H,17,18). The Morgan fingerprint density at radius 1 is 1.47 bits per heavy atom. The topological polar surface area (TPSA) is 92.2 Å². The summed E-state index contributed by atoms with van der Waals surface area (Å²) in [4.78, 5) is 23.1. The molecule has 7 heteroatoms. The Bertz CT molecular complexity index is 479. The van der Waals surface area contributed by atoms with E-state index in [2.05, 4.69) is 28.1 Å². The minimum atomic E-state index is -1.07. The van der Waals surface area contributed by atoms with Crippen LogP contribution in [0.2, 0.25) is 0 Å². The van der Waals surface area contributed by atoms with Crippen molar-refractivity contribution in [2.45, 2.75) is 32.7 Å². The van der Waals surface area contributed by atoms with Crippen molar-refractivity contribution in [2.75, 3.05) is 5.75 Å². The average molecular weight is 283 g/mol. The largest absolute Gasteiger partial charge is 0.480 e. The second kappa shape index (κ2) is 7.08. The molecular formula is C12H17N3O3S. The van der Waals surface area contributed by atoms with Crippen molar-refractivity contribution in [3.8, 4) is 0 Å². The van der Waals surface area contributed by atoms with Gasteiger partial charge in [0.25, 0.3) is 5.91 Å². The molecule has 1 amide bonds. The Balaban J connectivity index is 2.93. The molecule has 0 aromatic carbocycles. The van der Waals surface area contributed by atoms with E-state index in [1.54, 1.807) is 13.0 Å². The predicted molar refractivity (Wildman–Crippen MR) is 73.5 cm³/mol. The molecule has 1 heterocycles. The Morgan fingerprint density at radius 2 is 2.16 bits per heavy atom. The van der Waals surface area contributed by atoms with Crippen molar-refractivity contribution in [1.82, 2.24) is 15.5 Å². The lowest BCUT2D eigenvalue weighted by Crippen LogP contribution is -2.41. The third-order valence-electron chi connectivity index (χ3n) is 2.59. The van der Waals surface area contributed by atoms with Crippen LogP contribution < -0.4 is 5.32 Å². The maximum absolute atomic E-state index is 12.1. The molecule has 104 valence electrons. The zero-order chi connectivity index (χ0) is 14.4. The molecule has 1 aromatic heterocycles. The molecule has 0 radical (unpaired) electrons. The minimum Gasteiger partial charge on any atom is -0.480 e. The molecule has 1 rings (SSSR count). The van der Waals surface area contributed by atoms with Crippen LogP contribution in [0.4, 0.5) is 0 Å². The minimum absolute atomic E-state index is 0.267. The number of nitrogens with zero attached hydrogens (tertiary/aromatic N) is 2. The number of rotatable bonds is 6. The highest BCUT2D eigenvalue weighted by molar-refractivity contribution is 7.80. The first kappa shape index (κ1) is 15.4. The molecule has 2 N–H and O–H groups in total. The molecule has 19 heavy (non-hydrogen) atoms. The molecule has 0 bridgehead atoms. The second-order valence-electron chi connectivity index (χ2n) is 4.08. The van der Waals surface area contributed by atoms with E-state index in [9.17, 15) is 9.59 Å². The number of hydrogen-bond donors (Lipinski definition) is 3. The smallest absolute Gasteiger partial charge is 0.326 e. The van der Waals surface area contributed by atoms with Gasteiger partial charge in [0.05, 0.1) is 17.0 Å². The van der Waals surface area contributed by atoms with Gasteiger partial charge in [-0.25, -0.2) is 4.79 Å². The average Bonchev–Trinajstić information content (AvgIpc) is 2.37. The fraction of sp³-hybridized carbons (Fsp3) is 0.500. The maximum atomic E-state index is 12.1. The molecule has 0 spiro atoms. The second-order valence-corrected chi connectivity index (χ2v) is 4.52. The monoisotopic (exact) mass is 283 g/mol. The number of carbonyl (C=O) groups excluding carboxylic acids is 1. The van der Waals surface area contributed by atoms with Gasteiger partial charge in [-0.05, 0) is 31.6 Å². The molecule has 1 atom stereocenters. The molecule has 0 fully saturated rings. The number of thiol groups is 1. The molecule has 0 saturated heterocycles. The quantitative estimate of drug-likeness (QED) is 0.673. The first-order valence-electron chi connectivity index (χ1n) is 5.97. The molecule has 1 unspecified atom stereocenters. The maximum Gasteiger partial charge on any atom is 0.326 e. The van der Waals surface area contributed by atoms with Gasteiger partial charge >= 0.3 is 5.97 Å². The van der Waals surface area contributed by atoms with Crippen molar-refractivity contribution in [3.05, 3.63) is 23.0 Å². The van der Waals surface area contributed by atoms with E-state index in [1.807, 2.05) is 6.92 Å². The normalized spacial score (nSPS) is 11.9. The summed E-state index contributed by atoms with van der Waals surface area (Å²) in [6.07, 6.45) is 0.823. The van der Waals surface area contributed by atoms with Crippen molar-refractivity contribution >= 4 is 24.5 Å². The Labute approximate surface area is 117 Å². The van der Waals surface area contributed by atoms with E-state index >= 15 is 0 Å². The predicted octanol–water partition coefficient (Wildman–Crippen LogP) is 0.850. The number of aromatic nitrogens is 2. The van der Waals surface area contributed by atoms with E-state index in [0.29, 0.717) is 29.1 Å². The van der Waals surface area contributed by atoms with Gasteiger partial charge in [-0.1, -0.05) is 6.92 Å². The molecule has 0 aliphatic rings. The highest BCUT2D eigenvalue weighted by Gasteiger charge is 2.21. The number of carboxylic acid groups (broad SMARTS) is 1. The summed E-state index contributed by atoms with van der Waals surface area (Å²) in [6, 6.07) is 0.670. The van der Waals surface area contributed by atoms with Gasteiger partial charge in [0.1, 0.15) is 6.04 Å². The lowest BCUT2D eigenvalue weighted by atomic mass is 10.1. The molecule has 0 saturated carbocycles. The van der Waals surface area contributed by atoms with E-state index in [-0.39, 0.29) is 6.42 Å². The number of carboxylic acids is 1. The fourth-order valence-corrected chi connectivity index (χ4v) is 1.85. The zero-order valence-corrected chi connectivity index (χ0v) is 11.8. The van der Waals surface area contributed by atoms with Gasteiger partial charge in [0, 0.05) is 0 Å². The Morgan fingerprint density at radius 3 is 2.68 bits per heavy atom. The number of aliphatic carboxylic acids is 1. The summed E-state index contributed by atoms with van der Waals surface area (Å²) in [5.74, 6) is -1.13. The third kappa shape index (κ3) is 4.20. The van der Waals surface area contributed by atoms with E-state index in [4.69, 9.17) is 5.11 Å². The third-order valence-corrected chi connectivity index (χ3v) is 2.85. The van der Waals surface area contributed by atoms with Gasteiger partial charge in [-0.2, -0.15) is 22.8 Å². The first-order chi connectivity index (χ1) is 8.99.